The Labute approximate surface area is 91.0 Å². The Balaban J connectivity index is 3.58. The molecular formula is C8H5ClF5NO. The molecule has 1 aromatic heterocycles. The molecule has 0 aliphatic rings. The van der Waals surface area contributed by atoms with E-state index in [-0.39, 0.29) is 0 Å². The largest absolute Gasteiger partial charge is 0.418 e. The van der Waals surface area contributed by atoms with Gasteiger partial charge in [-0.1, -0.05) is 0 Å². The lowest BCUT2D eigenvalue weighted by atomic mass is 10.1. The molecule has 0 aliphatic heterocycles. The van der Waals surface area contributed by atoms with Crippen LogP contribution in [0.25, 0.3) is 0 Å². The second-order valence-corrected chi connectivity index (χ2v) is 3.15. The van der Waals surface area contributed by atoms with Crippen molar-refractivity contribution in [3.63, 3.8) is 0 Å². The van der Waals surface area contributed by atoms with Gasteiger partial charge in [-0.15, -0.1) is 11.6 Å². The third-order valence-corrected chi connectivity index (χ3v) is 2.09. The summed E-state index contributed by atoms with van der Waals surface area (Å²) in [6.07, 6.45) is -8.41. The fourth-order valence-electron chi connectivity index (χ4n) is 1.24. The number of alkyl halides is 6. The maximum absolute atomic E-state index is 12.5. The molecule has 0 fully saturated rings. The standard InChI is InChI=1S/C8H5ClF5NO/c9-2-3-1-4(16)15-6(7(10)11)5(3)8(12,13)14/h1,7H,2H2,(H,15,16). The number of pyridine rings is 1. The molecule has 0 amide bonds. The summed E-state index contributed by atoms with van der Waals surface area (Å²) in [4.78, 5) is 12.3. The van der Waals surface area contributed by atoms with Crippen LogP contribution >= 0.6 is 11.6 Å². The second-order valence-electron chi connectivity index (χ2n) is 2.88. The molecule has 0 radical (unpaired) electrons. The number of hydrogen-bond donors (Lipinski definition) is 1. The Kier molecular flexibility index (Phi) is 3.57. The third kappa shape index (κ3) is 2.52. The molecule has 0 aromatic carbocycles. The van der Waals surface area contributed by atoms with Gasteiger partial charge in [0, 0.05) is 11.9 Å². The minimum atomic E-state index is -4.99. The van der Waals surface area contributed by atoms with Crippen molar-refractivity contribution >= 4 is 11.6 Å². The monoisotopic (exact) mass is 261 g/mol. The van der Waals surface area contributed by atoms with Crippen molar-refractivity contribution < 1.29 is 22.0 Å². The molecule has 1 heterocycles. The molecule has 0 saturated heterocycles. The van der Waals surface area contributed by atoms with Crippen molar-refractivity contribution in [1.29, 1.82) is 0 Å². The van der Waals surface area contributed by atoms with Crippen LogP contribution in [-0.4, -0.2) is 4.98 Å². The molecule has 1 N–H and O–H groups in total. The van der Waals surface area contributed by atoms with Gasteiger partial charge in [-0.3, -0.25) is 4.79 Å². The summed E-state index contributed by atoms with van der Waals surface area (Å²) in [6, 6.07) is 0.557. The summed E-state index contributed by atoms with van der Waals surface area (Å²) in [6.45, 7) is 0. The van der Waals surface area contributed by atoms with Crippen LogP contribution in [0.15, 0.2) is 10.9 Å². The minimum absolute atomic E-state index is 0.557. The molecule has 0 spiro atoms. The van der Waals surface area contributed by atoms with Gasteiger partial charge in [0.15, 0.2) is 0 Å². The van der Waals surface area contributed by atoms with E-state index in [1.165, 1.54) is 4.98 Å². The van der Waals surface area contributed by atoms with E-state index in [0.29, 0.717) is 6.07 Å². The molecular weight excluding hydrogens is 257 g/mol. The van der Waals surface area contributed by atoms with E-state index >= 15 is 0 Å². The van der Waals surface area contributed by atoms with Crippen molar-refractivity contribution in [1.82, 2.24) is 4.98 Å². The molecule has 16 heavy (non-hydrogen) atoms. The molecule has 0 saturated carbocycles. The smallest absolute Gasteiger partial charge is 0.321 e. The number of hydrogen-bond acceptors (Lipinski definition) is 1. The molecule has 0 bridgehead atoms. The van der Waals surface area contributed by atoms with Crippen LogP contribution in [0.5, 0.6) is 0 Å². The summed E-state index contributed by atoms with van der Waals surface area (Å²) in [5, 5.41) is 0. The highest BCUT2D eigenvalue weighted by Crippen LogP contribution is 2.37. The highest BCUT2D eigenvalue weighted by Gasteiger charge is 2.38. The summed E-state index contributed by atoms with van der Waals surface area (Å²) >= 11 is 5.19. The van der Waals surface area contributed by atoms with Gasteiger partial charge in [-0.05, 0) is 5.56 Å². The van der Waals surface area contributed by atoms with E-state index in [1.807, 2.05) is 0 Å². The van der Waals surface area contributed by atoms with Crippen LogP contribution in [0.2, 0.25) is 0 Å². The summed E-state index contributed by atoms with van der Waals surface area (Å²) < 4.78 is 62.1. The number of H-pyrrole nitrogens is 1. The van der Waals surface area contributed by atoms with Crippen molar-refractivity contribution in [3.8, 4) is 0 Å². The molecule has 2 nitrogen and oxygen atoms in total. The van der Waals surface area contributed by atoms with Gasteiger partial charge in [0.1, 0.15) is 0 Å². The fraction of sp³-hybridized carbons (Fsp3) is 0.375. The number of nitrogens with one attached hydrogen (secondary N) is 1. The van der Waals surface area contributed by atoms with Crippen LogP contribution < -0.4 is 5.56 Å². The number of halogens is 6. The van der Waals surface area contributed by atoms with E-state index in [2.05, 4.69) is 0 Å². The lowest BCUT2D eigenvalue weighted by molar-refractivity contribution is -0.140. The topological polar surface area (TPSA) is 32.9 Å². The average molecular weight is 262 g/mol. The van der Waals surface area contributed by atoms with Gasteiger partial charge in [-0.25, -0.2) is 8.78 Å². The van der Waals surface area contributed by atoms with Crippen molar-refractivity contribution in [3.05, 3.63) is 33.2 Å². The zero-order chi connectivity index (χ0) is 12.5. The highest BCUT2D eigenvalue weighted by atomic mass is 35.5. The zero-order valence-corrected chi connectivity index (χ0v) is 8.29. The first kappa shape index (κ1) is 13.0. The SMILES string of the molecule is O=c1cc(CCl)c(C(F)(F)F)c(C(F)F)[nH]1. The van der Waals surface area contributed by atoms with Crippen LogP contribution in [0.4, 0.5) is 22.0 Å². The normalized spacial score (nSPS) is 12.2. The van der Waals surface area contributed by atoms with E-state index in [4.69, 9.17) is 11.6 Å². The van der Waals surface area contributed by atoms with Gasteiger partial charge < -0.3 is 4.98 Å². The maximum Gasteiger partial charge on any atom is 0.418 e. The van der Waals surface area contributed by atoms with Gasteiger partial charge in [0.25, 0.3) is 6.43 Å². The summed E-state index contributed by atoms with van der Waals surface area (Å²) in [5.41, 5.74) is -4.72. The van der Waals surface area contributed by atoms with Crippen LogP contribution in [0.1, 0.15) is 23.2 Å². The molecule has 90 valence electrons. The molecule has 8 heteroatoms. The molecule has 0 atom stereocenters. The predicted molar refractivity (Wildman–Crippen MR) is 46.6 cm³/mol. The Morgan fingerprint density at radius 1 is 1.38 bits per heavy atom. The first-order valence-corrected chi connectivity index (χ1v) is 4.48. The van der Waals surface area contributed by atoms with Gasteiger partial charge in [0.2, 0.25) is 5.56 Å². The van der Waals surface area contributed by atoms with Crippen LogP contribution in [0.3, 0.4) is 0 Å². The van der Waals surface area contributed by atoms with E-state index < -0.39 is 40.9 Å². The lowest BCUT2D eigenvalue weighted by Crippen LogP contribution is -2.20. The van der Waals surface area contributed by atoms with Crippen molar-refractivity contribution in [2.45, 2.75) is 18.5 Å². The van der Waals surface area contributed by atoms with E-state index in [1.54, 1.807) is 0 Å². The van der Waals surface area contributed by atoms with E-state index in [9.17, 15) is 26.7 Å². The second kappa shape index (κ2) is 4.40. The van der Waals surface area contributed by atoms with Gasteiger partial charge in [0.05, 0.1) is 11.3 Å². The Hall–Kier alpha value is -1.11. The first-order chi connectivity index (χ1) is 7.27. The lowest BCUT2D eigenvalue weighted by Gasteiger charge is -2.15. The maximum atomic E-state index is 12.5. The van der Waals surface area contributed by atoms with Crippen molar-refractivity contribution in [2.24, 2.45) is 0 Å². The third-order valence-electron chi connectivity index (χ3n) is 1.80. The Morgan fingerprint density at radius 2 is 1.94 bits per heavy atom. The average Bonchev–Trinajstić information content (AvgIpc) is 2.14. The molecule has 0 aliphatic carbocycles. The molecule has 1 rings (SSSR count). The summed E-state index contributed by atoms with van der Waals surface area (Å²) in [7, 11) is 0. The van der Waals surface area contributed by atoms with Crippen molar-refractivity contribution in [2.75, 3.05) is 0 Å². The number of aromatic nitrogens is 1. The molecule has 1 aromatic rings. The summed E-state index contributed by atoms with van der Waals surface area (Å²) in [5.74, 6) is -0.668. The first-order valence-electron chi connectivity index (χ1n) is 3.94. The Bertz CT molecular complexity index is 439. The molecule has 0 unspecified atom stereocenters. The Morgan fingerprint density at radius 3 is 2.31 bits per heavy atom. The minimum Gasteiger partial charge on any atom is -0.321 e. The number of aromatic amines is 1. The predicted octanol–water partition coefficient (Wildman–Crippen LogP) is 3.07. The highest BCUT2D eigenvalue weighted by molar-refractivity contribution is 6.17. The quantitative estimate of drug-likeness (QED) is 0.644. The van der Waals surface area contributed by atoms with E-state index in [0.717, 1.165) is 0 Å². The zero-order valence-electron chi connectivity index (χ0n) is 7.54. The van der Waals surface area contributed by atoms with Gasteiger partial charge in [-0.2, -0.15) is 13.2 Å². The number of rotatable bonds is 2. The van der Waals surface area contributed by atoms with Crippen LogP contribution in [-0.2, 0) is 12.1 Å². The van der Waals surface area contributed by atoms with Crippen LogP contribution in [0, 0.1) is 0 Å². The van der Waals surface area contributed by atoms with Gasteiger partial charge >= 0.3 is 6.18 Å². The fourth-order valence-corrected chi connectivity index (χ4v) is 1.45.